The van der Waals surface area contributed by atoms with Gasteiger partial charge in [-0.25, -0.2) is 8.42 Å². The highest BCUT2D eigenvalue weighted by Crippen LogP contribution is 2.11. The molecule has 0 aromatic heterocycles. The highest BCUT2D eigenvalue weighted by molar-refractivity contribution is 7.91. The predicted octanol–water partition coefficient (Wildman–Crippen LogP) is 2.92. The van der Waals surface area contributed by atoms with E-state index in [1.54, 1.807) is 24.3 Å². The summed E-state index contributed by atoms with van der Waals surface area (Å²) in [5.41, 5.74) is 0. The molecule has 7 heteroatoms. The molecule has 0 saturated heterocycles. The third-order valence-corrected chi connectivity index (χ3v) is 6.49. The van der Waals surface area contributed by atoms with Crippen molar-refractivity contribution in [3.8, 4) is 0 Å². The van der Waals surface area contributed by atoms with Crippen LogP contribution in [0.5, 0.6) is 0 Å². The molecule has 28 heavy (non-hydrogen) atoms. The van der Waals surface area contributed by atoms with Crippen molar-refractivity contribution in [2.24, 2.45) is 4.99 Å². The van der Waals surface area contributed by atoms with Crippen molar-refractivity contribution < 1.29 is 8.42 Å². The van der Waals surface area contributed by atoms with E-state index >= 15 is 0 Å². The van der Waals surface area contributed by atoms with Crippen LogP contribution in [0.4, 0.5) is 0 Å². The third-order valence-electron chi connectivity index (χ3n) is 4.68. The van der Waals surface area contributed by atoms with E-state index in [-0.39, 0.29) is 5.75 Å². The minimum atomic E-state index is -3.23. The summed E-state index contributed by atoms with van der Waals surface area (Å²) in [4.78, 5) is 7.36. The Kier molecular flexibility index (Phi) is 11.8. The molecular weight excluding hydrogens is 372 g/mol. The quantitative estimate of drug-likeness (QED) is 0.297. The summed E-state index contributed by atoms with van der Waals surface area (Å²) in [7, 11) is -3.23. The van der Waals surface area contributed by atoms with Gasteiger partial charge in [0.05, 0.1) is 10.6 Å². The Balaban J connectivity index is 2.44. The molecule has 6 nitrogen and oxygen atoms in total. The van der Waals surface area contributed by atoms with Crippen molar-refractivity contribution in [1.82, 2.24) is 15.5 Å². The fourth-order valence-corrected chi connectivity index (χ4v) is 4.29. The number of rotatable bonds is 13. The number of nitrogens with one attached hydrogen (secondary N) is 2. The normalized spacial score (nSPS) is 13.5. The van der Waals surface area contributed by atoms with E-state index in [1.807, 2.05) is 13.0 Å². The van der Waals surface area contributed by atoms with Gasteiger partial charge in [-0.3, -0.25) is 4.99 Å². The molecule has 0 fully saturated rings. The van der Waals surface area contributed by atoms with Crippen LogP contribution in [-0.2, 0) is 9.84 Å². The van der Waals surface area contributed by atoms with Gasteiger partial charge >= 0.3 is 0 Å². The Bertz CT molecular complexity index is 658. The molecule has 0 aliphatic carbocycles. The monoisotopic (exact) mass is 410 g/mol. The largest absolute Gasteiger partial charge is 0.357 e. The van der Waals surface area contributed by atoms with Crippen LogP contribution < -0.4 is 10.6 Å². The predicted molar refractivity (Wildman–Crippen MR) is 119 cm³/mol. The fourth-order valence-electron chi connectivity index (χ4n) is 2.98. The fraction of sp³-hybridized carbons (Fsp3) is 0.667. The van der Waals surface area contributed by atoms with E-state index in [4.69, 9.17) is 0 Å². The number of nitrogens with zero attached hydrogens (tertiary/aromatic N) is 2. The van der Waals surface area contributed by atoms with Gasteiger partial charge in [0, 0.05) is 19.1 Å². The van der Waals surface area contributed by atoms with Crippen LogP contribution in [0.3, 0.4) is 0 Å². The lowest BCUT2D eigenvalue weighted by Crippen LogP contribution is -2.42. The lowest BCUT2D eigenvalue weighted by molar-refractivity contribution is 0.292. The van der Waals surface area contributed by atoms with E-state index in [9.17, 15) is 8.42 Å². The second-order valence-corrected chi connectivity index (χ2v) is 9.07. The van der Waals surface area contributed by atoms with Crippen LogP contribution in [0, 0.1) is 0 Å². The first kappa shape index (κ1) is 24.4. The Hall–Kier alpha value is -1.60. The average molecular weight is 411 g/mol. The first-order valence-electron chi connectivity index (χ1n) is 10.5. The van der Waals surface area contributed by atoms with Crippen molar-refractivity contribution in [1.29, 1.82) is 0 Å². The average Bonchev–Trinajstić information content (AvgIpc) is 2.69. The standard InChI is InChI=1S/C21H38N4O2S/c1-5-22-21(24-19(4)13-11-17-25(6-2)7-3)23-16-12-18-28(26,27)20-14-9-8-10-15-20/h8-10,14-15,19H,5-7,11-13,16-18H2,1-4H3,(H2,22,23,24). The SMILES string of the molecule is CCNC(=NCCCS(=O)(=O)c1ccccc1)NC(C)CCCN(CC)CC. The van der Waals surface area contributed by atoms with Gasteiger partial charge in [-0.15, -0.1) is 0 Å². The lowest BCUT2D eigenvalue weighted by Gasteiger charge is -2.21. The molecule has 1 rings (SSSR count). The zero-order valence-corrected chi connectivity index (χ0v) is 18.8. The zero-order valence-electron chi connectivity index (χ0n) is 17.9. The second kappa shape index (κ2) is 13.6. The Morgan fingerprint density at radius 1 is 1.11 bits per heavy atom. The maximum Gasteiger partial charge on any atom is 0.191 e. The van der Waals surface area contributed by atoms with Crippen molar-refractivity contribution in [3.05, 3.63) is 30.3 Å². The molecule has 0 heterocycles. The molecule has 2 N–H and O–H groups in total. The van der Waals surface area contributed by atoms with Crippen molar-refractivity contribution in [3.63, 3.8) is 0 Å². The zero-order chi connectivity index (χ0) is 20.8. The molecule has 1 aromatic carbocycles. The third kappa shape index (κ3) is 9.55. The summed E-state index contributed by atoms with van der Waals surface area (Å²) in [6, 6.07) is 8.93. The molecule has 1 atom stereocenters. The number of hydrogen-bond acceptors (Lipinski definition) is 4. The second-order valence-electron chi connectivity index (χ2n) is 6.96. The minimum absolute atomic E-state index is 0.110. The molecule has 0 radical (unpaired) electrons. The summed E-state index contributed by atoms with van der Waals surface area (Å²) < 4.78 is 24.6. The van der Waals surface area contributed by atoms with E-state index < -0.39 is 9.84 Å². The Morgan fingerprint density at radius 3 is 2.39 bits per heavy atom. The van der Waals surface area contributed by atoms with E-state index in [0.717, 1.165) is 45.0 Å². The maximum atomic E-state index is 12.3. The van der Waals surface area contributed by atoms with E-state index in [1.165, 1.54) is 0 Å². The minimum Gasteiger partial charge on any atom is -0.357 e. The highest BCUT2D eigenvalue weighted by atomic mass is 32.2. The topological polar surface area (TPSA) is 73.8 Å². The lowest BCUT2D eigenvalue weighted by atomic mass is 10.2. The summed E-state index contributed by atoms with van der Waals surface area (Å²) in [5, 5.41) is 6.67. The first-order valence-corrected chi connectivity index (χ1v) is 12.1. The molecule has 0 saturated carbocycles. The molecule has 1 aromatic rings. The van der Waals surface area contributed by atoms with Crippen molar-refractivity contribution in [2.45, 2.75) is 57.9 Å². The van der Waals surface area contributed by atoms with Crippen LogP contribution in [0.2, 0.25) is 0 Å². The summed E-state index contributed by atoms with van der Waals surface area (Å²) in [6.07, 6.45) is 2.72. The Morgan fingerprint density at radius 2 is 1.79 bits per heavy atom. The molecule has 0 spiro atoms. The van der Waals surface area contributed by atoms with Gasteiger partial charge in [-0.05, 0) is 64.9 Å². The van der Waals surface area contributed by atoms with Gasteiger partial charge in [0.15, 0.2) is 15.8 Å². The smallest absolute Gasteiger partial charge is 0.191 e. The number of hydrogen-bond donors (Lipinski definition) is 2. The van der Waals surface area contributed by atoms with Crippen molar-refractivity contribution >= 4 is 15.8 Å². The van der Waals surface area contributed by atoms with Crippen LogP contribution in [0.25, 0.3) is 0 Å². The van der Waals surface area contributed by atoms with Gasteiger partial charge in [0.1, 0.15) is 0 Å². The molecule has 0 aliphatic heterocycles. The van der Waals surface area contributed by atoms with Crippen LogP contribution in [0.1, 0.15) is 47.0 Å². The highest BCUT2D eigenvalue weighted by Gasteiger charge is 2.13. The molecular formula is C21H38N4O2S. The number of sulfone groups is 1. The van der Waals surface area contributed by atoms with Crippen molar-refractivity contribution in [2.75, 3.05) is 38.5 Å². The molecule has 0 amide bonds. The Labute approximate surface area is 171 Å². The summed E-state index contributed by atoms with van der Waals surface area (Å²) in [6.45, 7) is 13.1. The molecule has 1 unspecified atom stereocenters. The van der Waals surface area contributed by atoms with Crippen LogP contribution >= 0.6 is 0 Å². The summed E-state index contributed by atoms with van der Waals surface area (Å²) >= 11 is 0. The van der Waals surface area contributed by atoms with Gasteiger partial charge in [-0.2, -0.15) is 0 Å². The maximum absolute atomic E-state index is 12.3. The molecule has 160 valence electrons. The number of benzene rings is 1. The van der Waals surface area contributed by atoms with E-state index in [0.29, 0.717) is 23.9 Å². The van der Waals surface area contributed by atoms with Crippen LogP contribution in [-0.4, -0.2) is 63.8 Å². The molecule has 0 bridgehead atoms. The number of guanidine groups is 1. The summed E-state index contributed by atoms with van der Waals surface area (Å²) in [5.74, 6) is 0.870. The van der Waals surface area contributed by atoms with Gasteiger partial charge in [0.25, 0.3) is 0 Å². The van der Waals surface area contributed by atoms with Gasteiger partial charge < -0.3 is 15.5 Å². The molecule has 0 aliphatic rings. The van der Waals surface area contributed by atoms with E-state index in [2.05, 4.69) is 41.3 Å². The number of aliphatic imine (C=N–C) groups is 1. The van der Waals surface area contributed by atoms with Crippen LogP contribution in [0.15, 0.2) is 40.2 Å². The van der Waals surface area contributed by atoms with Gasteiger partial charge in [-0.1, -0.05) is 32.0 Å². The van der Waals surface area contributed by atoms with Gasteiger partial charge in [0.2, 0.25) is 0 Å². The first-order chi connectivity index (χ1) is 13.4.